The topological polar surface area (TPSA) is 134 Å². The van der Waals surface area contributed by atoms with Gasteiger partial charge in [-0.25, -0.2) is 19.5 Å². The van der Waals surface area contributed by atoms with E-state index in [9.17, 15) is 19.2 Å². The van der Waals surface area contributed by atoms with Crippen LogP contribution in [0.5, 0.6) is 17.2 Å². The monoisotopic (exact) mass is 621 g/mol. The van der Waals surface area contributed by atoms with Gasteiger partial charge in [0.05, 0.1) is 26.0 Å². The molecule has 0 bridgehead atoms. The van der Waals surface area contributed by atoms with Crippen molar-refractivity contribution in [2.75, 3.05) is 46.0 Å². The summed E-state index contributed by atoms with van der Waals surface area (Å²) in [5.41, 5.74) is 1.44. The number of rotatable bonds is 13. The summed E-state index contributed by atoms with van der Waals surface area (Å²) >= 11 is 0.871. The van der Waals surface area contributed by atoms with Gasteiger partial charge in [0.25, 0.3) is 5.24 Å². The Hall–Kier alpha value is -5.04. The fourth-order valence-corrected chi connectivity index (χ4v) is 5.03. The van der Waals surface area contributed by atoms with Gasteiger partial charge in [-0.05, 0) is 60.0 Å². The first-order chi connectivity index (χ1) is 21.3. The molecule has 1 aliphatic rings. The SMILES string of the molecule is COC(=O)/C=C/c1ccc(OC(=O)OCN2C(=O)SC(Cc3ccc(OCCN(C)c4ccccn4)cc3)C2=O)c(OC)c1. The van der Waals surface area contributed by atoms with Crippen molar-refractivity contribution in [2.24, 2.45) is 0 Å². The summed E-state index contributed by atoms with van der Waals surface area (Å²) in [4.78, 5) is 56.2. The summed E-state index contributed by atoms with van der Waals surface area (Å²) < 4.78 is 25.9. The Balaban J connectivity index is 1.23. The number of pyridine rings is 1. The number of ether oxygens (including phenoxy) is 5. The highest BCUT2D eigenvalue weighted by Crippen LogP contribution is 2.31. The number of carbonyl (C=O) groups excluding carboxylic acids is 4. The second-order valence-corrected chi connectivity index (χ2v) is 10.5. The Bertz CT molecular complexity index is 1500. The highest BCUT2D eigenvalue weighted by molar-refractivity contribution is 8.15. The molecule has 13 heteroatoms. The molecule has 1 unspecified atom stereocenters. The number of imide groups is 1. The first kappa shape index (κ1) is 31.9. The number of hydrogen-bond donors (Lipinski definition) is 0. The molecular formula is C31H31N3O9S. The third kappa shape index (κ3) is 8.74. The predicted octanol–water partition coefficient (Wildman–Crippen LogP) is 4.57. The number of likely N-dealkylation sites (N-methyl/N-ethyl adjacent to an activating group) is 1. The molecule has 230 valence electrons. The fourth-order valence-electron chi connectivity index (χ4n) is 4.02. The molecular weight excluding hydrogens is 590 g/mol. The Morgan fingerprint density at radius 3 is 2.55 bits per heavy atom. The second kappa shape index (κ2) is 15.4. The molecule has 0 N–H and O–H groups in total. The maximum absolute atomic E-state index is 12.9. The Morgan fingerprint density at radius 1 is 1.05 bits per heavy atom. The van der Waals surface area contributed by atoms with Crippen LogP contribution >= 0.6 is 11.8 Å². The molecule has 2 heterocycles. The summed E-state index contributed by atoms with van der Waals surface area (Å²) in [6, 6.07) is 17.6. The molecule has 1 aromatic heterocycles. The average molecular weight is 622 g/mol. The molecule has 2 aromatic carbocycles. The quantitative estimate of drug-likeness (QED) is 0.150. The lowest BCUT2D eigenvalue weighted by Crippen LogP contribution is -2.35. The fraction of sp³-hybridized carbons (Fsp3) is 0.258. The third-order valence-electron chi connectivity index (χ3n) is 6.39. The molecule has 0 spiro atoms. The maximum Gasteiger partial charge on any atom is 0.515 e. The van der Waals surface area contributed by atoms with E-state index < -0.39 is 35.3 Å². The van der Waals surface area contributed by atoms with Gasteiger partial charge in [0, 0.05) is 19.3 Å². The summed E-state index contributed by atoms with van der Waals surface area (Å²) in [5, 5.41) is -1.18. The zero-order chi connectivity index (χ0) is 31.5. The number of thioether (sulfide) groups is 1. The van der Waals surface area contributed by atoms with Gasteiger partial charge in [-0.15, -0.1) is 0 Å². The highest BCUT2D eigenvalue weighted by atomic mass is 32.2. The lowest BCUT2D eigenvalue weighted by atomic mass is 10.1. The molecule has 3 aromatic rings. The number of amides is 2. The Morgan fingerprint density at radius 2 is 1.84 bits per heavy atom. The first-order valence-corrected chi connectivity index (χ1v) is 14.3. The number of aromatic nitrogens is 1. The summed E-state index contributed by atoms with van der Waals surface area (Å²) in [7, 11) is 4.58. The van der Waals surface area contributed by atoms with Gasteiger partial charge in [0.2, 0.25) is 5.91 Å². The summed E-state index contributed by atoms with van der Waals surface area (Å²) in [5.74, 6) is 0.790. The molecule has 44 heavy (non-hydrogen) atoms. The largest absolute Gasteiger partial charge is 0.515 e. The van der Waals surface area contributed by atoms with Crippen LogP contribution in [0.4, 0.5) is 15.4 Å². The minimum atomic E-state index is -1.13. The second-order valence-electron chi connectivity index (χ2n) is 9.34. The number of benzene rings is 2. The van der Waals surface area contributed by atoms with Crippen LogP contribution in [0.3, 0.4) is 0 Å². The summed E-state index contributed by atoms with van der Waals surface area (Å²) in [6.45, 7) is 0.513. The highest BCUT2D eigenvalue weighted by Gasteiger charge is 2.40. The van der Waals surface area contributed by atoms with E-state index in [0.717, 1.165) is 28.0 Å². The predicted molar refractivity (Wildman–Crippen MR) is 163 cm³/mol. The van der Waals surface area contributed by atoms with Crippen molar-refractivity contribution in [3.63, 3.8) is 0 Å². The normalized spacial score (nSPS) is 14.4. The molecule has 4 rings (SSSR count). The van der Waals surface area contributed by atoms with Gasteiger partial charge in [-0.3, -0.25) is 9.59 Å². The molecule has 2 amide bonds. The number of anilines is 1. The van der Waals surface area contributed by atoms with Crippen LogP contribution in [0.25, 0.3) is 6.08 Å². The molecule has 12 nitrogen and oxygen atoms in total. The van der Waals surface area contributed by atoms with E-state index in [2.05, 4.69) is 9.72 Å². The van der Waals surface area contributed by atoms with E-state index in [1.807, 2.05) is 54.4 Å². The van der Waals surface area contributed by atoms with Crippen LogP contribution in [0.2, 0.25) is 0 Å². The van der Waals surface area contributed by atoms with Crippen molar-refractivity contribution >= 4 is 46.9 Å². The van der Waals surface area contributed by atoms with Crippen LogP contribution in [0.15, 0.2) is 72.9 Å². The number of carbonyl (C=O) groups is 4. The average Bonchev–Trinajstić information content (AvgIpc) is 3.31. The Kier molecular flexibility index (Phi) is 11.2. The van der Waals surface area contributed by atoms with E-state index in [4.69, 9.17) is 18.9 Å². The molecule has 1 atom stereocenters. The van der Waals surface area contributed by atoms with Crippen LogP contribution < -0.4 is 19.1 Å². The van der Waals surface area contributed by atoms with Crippen molar-refractivity contribution in [3.05, 3.63) is 84.1 Å². The molecule has 0 radical (unpaired) electrons. The third-order valence-corrected chi connectivity index (χ3v) is 7.47. The van der Waals surface area contributed by atoms with Crippen molar-refractivity contribution in [1.29, 1.82) is 0 Å². The Labute approximate surface area is 258 Å². The molecule has 0 aliphatic carbocycles. The van der Waals surface area contributed by atoms with Crippen molar-refractivity contribution in [3.8, 4) is 17.2 Å². The van der Waals surface area contributed by atoms with Crippen molar-refractivity contribution in [2.45, 2.75) is 11.7 Å². The smallest absolute Gasteiger partial charge is 0.493 e. The van der Waals surface area contributed by atoms with Gasteiger partial charge < -0.3 is 28.6 Å². The van der Waals surface area contributed by atoms with E-state index in [-0.39, 0.29) is 11.5 Å². The van der Waals surface area contributed by atoms with Gasteiger partial charge in [0.15, 0.2) is 18.2 Å². The van der Waals surface area contributed by atoms with Crippen molar-refractivity contribution < 1.29 is 42.9 Å². The van der Waals surface area contributed by atoms with Crippen LogP contribution in [-0.4, -0.2) is 79.6 Å². The number of hydrogen-bond acceptors (Lipinski definition) is 12. The van der Waals surface area contributed by atoms with Gasteiger partial charge >= 0.3 is 12.1 Å². The molecule has 1 fully saturated rings. The lowest BCUT2D eigenvalue weighted by Gasteiger charge is -2.18. The number of esters is 1. The van der Waals surface area contributed by atoms with Gasteiger partial charge in [-0.1, -0.05) is 36.0 Å². The number of methoxy groups -OCH3 is 2. The van der Waals surface area contributed by atoms with E-state index >= 15 is 0 Å². The first-order valence-electron chi connectivity index (χ1n) is 13.4. The minimum Gasteiger partial charge on any atom is -0.493 e. The van der Waals surface area contributed by atoms with Crippen molar-refractivity contribution in [1.82, 2.24) is 9.88 Å². The number of nitrogens with zero attached hydrogens (tertiary/aromatic N) is 3. The molecule has 1 saturated heterocycles. The lowest BCUT2D eigenvalue weighted by molar-refractivity contribution is -0.134. The van der Waals surface area contributed by atoms with Crippen LogP contribution in [0.1, 0.15) is 11.1 Å². The molecule has 0 saturated carbocycles. The van der Waals surface area contributed by atoms with Crippen LogP contribution in [0, 0.1) is 0 Å². The van der Waals surface area contributed by atoms with Crippen LogP contribution in [-0.2, 0) is 25.5 Å². The van der Waals surface area contributed by atoms with Gasteiger partial charge in [0.1, 0.15) is 18.2 Å². The zero-order valence-electron chi connectivity index (χ0n) is 24.3. The standard InChI is InChI=1S/C31H31N3O9S/c1-33(27-6-4-5-15-32-27)16-17-41-23-11-7-22(8-12-23)19-26-29(36)34(30(37)44-26)20-42-31(38)43-24-13-9-21(18-25(24)39-2)10-14-28(35)40-3/h4-15,18,26H,16-17,19-20H2,1-3H3/b14-10+. The minimum absolute atomic E-state index is 0.0479. The molecule has 1 aliphatic heterocycles. The van der Waals surface area contributed by atoms with E-state index in [1.165, 1.54) is 38.5 Å². The van der Waals surface area contributed by atoms with Gasteiger partial charge in [-0.2, -0.15) is 0 Å². The summed E-state index contributed by atoms with van der Waals surface area (Å²) in [6.07, 6.45) is 3.66. The zero-order valence-corrected chi connectivity index (χ0v) is 25.2. The van der Waals surface area contributed by atoms with E-state index in [0.29, 0.717) is 30.9 Å². The van der Waals surface area contributed by atoms with E-state index in [1.54, 1.807) is 12.3 Å². The maximum atomic E-state index is 12.9.